The molecule has 0 unspecified atom stereocenters. The lowest BCUT2D eigenvalue weighted by atomic mass is 9.50. The number of hydrogen-bond acceptors (Lipinski definition) is 1. The molecule has 0 radical (unpaired) electrons. The summed E-state index contributed by atoms with van der Waals surface area (Å²) in [6.07, 6.45) is 12.6. The molecule has 0 atom stereocenters. The van der Waals surface area contributed by atoms with Crippen LogP contribution in [0.2, 0.25) is 0 Å². The number of allylic oxidation sites excluding steroid dienone is 2. The highest BCUT2D eigenvalue weighted by molar-refractivity contribution is 5.13. The second kappa shape index (κ2) is 4.76. The molecular formula is C16H27N. The summed E-state index contributed by atoms with van der Waals surface area (Å²) in [6.45, 7) is 3.23. The Bertz CT molecular complexity index is 277. The summed E-state index contributed by atoms with van der Waals surface area (Å²) in [5, 5.41) is 0. The lowest BCUT2D eigenvalue weighted by Crippen LogP contribution is -2.45. The zero-order chi connectivity index (χ0) is 11.8. The van der Waals surface area contributed by atoms with Crippen molar-refractivity contribution in [1.82, 2.24) is 0 Å². The van der Waals surface area contributed by atoms with Gasteiger partial charge in [-0.15, -0.1) is 0 Å². The van der Waals surface area contributed by atoms with Crippen LogP contribution >= 0.6 is 0 Å². The van der Waals surface area contributed by atoms with Gasteiger partial charge in [0.25, 0.3) is 0 Å². The van der Waals surface area contributed by atoms with E-state index in [0.29, 0.717) is 0 Å². The molecule has 0 heterocycles. The van der Waals surface area contributed by atoms with Crippen LogP contribution in [0.5, 0.6) is 0 Å². The molecule has 0 aromatic rings. The highest BCUT2D eigenvalue weighted by Crippen LogP contribution is 2.58. The first-order chi connectivity index (χ1) is 8.28. The fourth-order valence-electron chi connectivity index (χ4n) is 5.25. The number of nitrogens with two attached hydrogens (primary N) is 1. The molecule has 4 aliphatic carbocycles. The molecule has 4 fully saturated rings. The van der Waals surface area contributed by atoms with Gasteiger partial charge in [-0.3, -0.25) is 0 Å². The van der Waals surface area contributed by atoms with Crippen LogP contribution in [0, 0.1) is 29.6 Å². The van der Waals surface area contributed by atoms with Gasteiger partial charge < -0.3 is 5.73 Å². The van der Waals surface area contributed by atoms with Crippen molar-refractivity contribution >= 4 is 0 Å². The van der Waals surface area contributed by atoms with E-state index in [1.807, 2.05) is 0 Å². The molecule has 1 nitrogen and oxygen atoms in total. The largest absolute Gasteiger partial charge is 0.330 e. The highest BCUT2D eigenvalue weighted by Gasteiger charge is 2.48. The molecule has 0 aromatic carbocycles. The Hall–Kier alpha value is -0.300. The third kappa shape index (κ3) is 2.19. The van der Waals surface area contributed by atoms with Crippen LogP contribution in [0.1, 0.15) is 51.9 Å². The molecule has 1 heteroatoms. The minimum absolute atomic E-state index is 0.839. The van der Waals surface area contributed by atoms with Crippen LogP contribution in [0.3, 0.4) is 0 Å². The van der Waals surface area contributed by atoms with Gasteiger partial charge in [0.1, 0.15) is 0 Å². The van der Waals surface area contributed by atoms with Crippen molar-refractivity contribution in [2.75, 3.05) is 6.54 Å². The maximum Gasteiger partial charge on any atom is -0.00743 e. The quantitative estimate of drug-likeness (QED) is 0.581. The maximum atomic E-state index is 5.58. The fraction of sp³-hybridized carbons (Fsp3) is 0.875. The molecule has 0 saturated heterocycles. The Morgan fingerprint density at radius 1 is 1.06 bits per heavy atom. The van der Waals surface area contributed by atoms with Gasteiger partial charge in [0, 0.05) is 0 Å². The van der Waals surface area contributed by atoms with Crippen LogP contribution < -0.4 is 5.73 Å². The van der Waals surface area contributed by atoms with Crippen molar-refractivity contribution in [3.05, 3.63) is 11.6 Å². The van der Waals surface area contributed by atoms with Crippen molar-refractivity contribution in [2.45, 2.75) is 51.9 Å². The molecule has 96 valence electrons. The third-order valence-corrected chi connectivity index (χ3v) is 5.63. The monoisotopic (exact) mass is 233 g/mol. The molecule has 4 bridgehead atoms. The Labute approximate surface area is 106 Å². The first kappa shape index (κ1) is 11.8. The summed E-state index contributed by atoms with van der Waals surface area (Å²) < 4.78 is 0. The van der Waals surface area contributed by atoms with Crippen LogP contribution in [0.15, 0.2) is 11.6 Å². The van der Waals surface area contributed by atoms with Gasteiger partial charge in [-0.25, -0.2) is 0 Å². The van der Waals surface area contributed by atoms with Crippen LogP contribution in [-0.4, -0.2) is 6.54 Å². The van der Waals surface area contributed by atoms with E-state index in [1.54, 1.807) is 37.7 Å². The third-order valence-electron chi connectivity index (χ3n) is 5.63. The number of unbranched alkanes of at least 4 members (excludes halogenated alkanes) is 1. The van der Waals surface area contributed by atoms with Crippen LogP contribution in [0.25, 0.3) is 0 Å². The summed E-state index contributed by atoms with van der Waals surface area (Å²) in [4.78, 5) is 0. The van der Waals surface area contributed by atoms with Gasteiger partial charge in [-0.2, -0.15) is 0 Å². The van der Waals surface area contributed by atoms with Gasteiger partial charge >= 0.3 is 0 Å². The van der Waals surface area contributed by atoms with Gasteiger partial charge in [0.15, 0.2) is 0 Å². The topological polar surface area (TPSA) is 26.0 Å². The molecule has 0 spiro atoms. The maximum absolute atomic E-state index is 5.58. The average molecular weight is 233 g/mol. The summed E-state index contributed by atoms with van der Waals surface area (Å²) in [6, 6.07) is 0. The summed E-state index contributed by atoms with van der Waals surface area (Å²) in [5.74, 6) is 5.23. The summed E-state index contributed by atoms with van der Waals surface area (Å²) in [7, 11) is 0. The van der Waals surface area contributed by atoms with Gasteiger partial charge in [0.05, 0.1) is 0 Å². The number of hydrogen-bond donors (Lipinski definition) is 1. The lowest BCUT2D eigenvalue weighted by Gasteiger charge is -2.55. The van der Waals surface area contributed by atoms with Gasteiger partial charge in [-0.1, -0.05) is 11.6 Å². The molecule has 0 aliphatic heterocycles. The van der Waals surface area contributed by atoms with E-state index < -0.39 is 0 Å². The van der Waals surface area contributed by atoms with Crippen molar-refractivity contribution in [3.63, 3.8) is 0 Å². The SMILES string of the molecule is C/C(=C\CCCN)C1C2CC3CC(C2)CC1C3. The summed E-state index contributed by atoms with van der Waals surface area (Å²) in [5.41, 5.74) is 7.28. The molecule has 17 heavy (non-hydrogen) atoms. The molecule has 4 aliphatic rings. The van der Waals surface area contributed by atoms with Crippen molar-refractivity contribution < 1.29 is 0 Å². The summed E-state index contributed by atoms with van der Waals surface area (Å²) >= 11 is 0. The smallest absolute Gasteiger partial charge is 0.00743 e. The van der Waals surface area contributed by atoms with Crippen molar-refractivity contribution in [2.24, 2.45) is 35.3 Å². The molecule has 4 rings (SSSR count). The standard InChI is InChI=1S/C16H27N/c1-11(4-2-3-5-17)16-14-7-12-6-13(9-14)10-15(16)8-12/h4,12-16H,2-3,5-10,17H2,1H3/b11-4+. The molecule has 4 saturated carbocycles. The second-order valence-corrected chi connectivity index (χ2v) is 6.84. The fourth-order valence-corrected chi connectivity index (χ4v) is 5.25. The van der Waals surface area contributed by atoms with E-state index in [9.17, 15) is 0 Å². The van der Waals surface area contributed by atoms with Crippen LogP contribution in [0.4, 0.5) is 0 Å². The highest BCUT2D eigenvalue weighted by atomic mass is 14.5. The van der Waals surface area contributed by atoms with E-state index in [4.69, 9.17) is 5.73 Å². The Balaban J connectivity index is 1.69. The Morgan fingerprint density at radius 3 is 2.18 bits per heavy atom. The second-order valence-electron chi connectivity index (χ2n) is 6.84. The zero-order valence-corrected chi connectivity index (χ0v) is 11.2. The molecule has 0 aromatic heterocycles. The van der Waals surface area contributed by atoms with Crippen molar-refractivity contribution in [3.8, 4) is 0 Å². The minimum atomic E-state index is 0.839. The predicted molar refractivity (Wildman–Crippen MR) is 72.6 cm³/mol. The van der Waals surface area contributed by atoms with Gasteiger partial charge in [0.2, 0.25) is 0 Å². The lowest BCUT2D eigenvalue weighted by molar-refractivity contribution is -0.0208. The first-order valence-electron chi connectivity index (χ1n) is 7.64. The van der Waals surface area contributed by atoms with E-state index in [2.05, 4.69) is 13.0 Å². The molecule has 0 amide bonds. The molecular weight excluding hydrogens is 206 g/mol. The Morgan fingerprint density at radius 2 is 1.65 bits per heavy atom. The molecule has 2 N–H and O–H groups in total. The normalized spacial score (nSPS) is 44.4. The van der Waals surface area contributed by atoms with E-state index in [0.717, 1.165) is 42.6 Å². The van der Waals surface area contributed by atoms with Gasteiger partial charge in [-0.05, 0) is 88.0 Å². The predicted octanol–water partition coefficient (Wildman–Crippen LogP) is 3.74. The van der Waals surface area contributed by atoms with E-state index in [-0.39, 0.29) is 0 Å². The minimum Gasteiger partial charge on any atom is -0.330 e. The number of rotatable bonds is 4. The van der Waals surface area contributed by atoms with Crippen molar-refractivity contribution in [1.29, 1.82) is 0 Å². The average Bonchev–Trinajstić information content (AvgIpc) is 2.27. The first-order valence-corrected chi connectivity index (χ1v) is 7.64. The Kier molecular flexibility index (Phi) is 3.30. The zero-order valence-electron chi connectivity index (χ0n) is 11.2. The van der Waals surface area contributed by atoms with Crippen LogP contribution in [-0.2, 0) is 0 Å². The van der Waals surface area contributed by atoms with E-state index >= 15 is 0 Å². The van der Waals surface area contributed by atoms with E-state index in [1.165, 1.54) is 6.42 Å².